The summed E-state index contributed by atoms with van der Waals surface area (Å²) in [5, 5.41) is 10.6. The van der Waals surface area contributed by atoms with Crippen molar-refractivity contribution in [3.63, 3.8) is 0 Å². The van der Waals surface area contributed by atoms with Gasteiger partial charge in [0.05, 0.1) is 38.0 Å². The topological polar surface area (TPSA) is 101 Å². The molecule has 5 heterocycles. The van der Waals surface area contributed by atoms with E-state index < -0.39 is 0 Å². The Labute approximate surface area is 253 Å². The van der Waals surface area contributed by atoms with Gasteiger partial charge in [-0.15, -0.1) is 5.10 Å². The van der Waals surface area contributed by atoms with E-state index in [9.17, 15) is 4.79 Å². The second-order valence-electron chi connectivity index (χ2n) is 10.5. The lowest BCUT2D eigenvalue weighted by molar-refractivity contribution is -0.686. The van der Waals surface area contributed by atoms with Gasteiger partial charge >= 0.3 is 5.97 Å². The van der Waals surface area contributed by atoms with Gasteiger partial charge in [0.2, 0.25) is 12.5 Å². The summed E-state index contributed by atoms with van der Waals surface area (Å²) < 4.78 is 32.3. The number of fused-ring (bicyclic) bond motifs is 5. The minimum absolute atomic E-state index is 0. The van der Waals surface area contributed by atoms with Crippen LogP contribution in [0.15, 0.2) is 42.7 Å². The summed E-state index contributed by atoms with van der Waals surface area (Å²) in [6.45, 7) is 3.00. The normalized spacial score (nSPS) is 16.5. The number of rotatable bonds is 8. The van der Waals surface area contributed by atoms with Crippen molar-refractivity contribution in [2.24, 2.45) is 0 Å². The predicted octanol–water partition coefficient (Wildman–Crippen LogP) is 0.294. The van der Waals surface area contributed by atoms with E-state index in [0.717, 1.165) is 72.5 Å². The summed E-state index contributed by atoms with van der Waals surface area (Å²) in [6.07, 6.45) is 7.36. The van der Waals surface area contributed by atoms with Crippen LogP contribution in [0.1, 0.15) is 24.8 Å². The van der Waals surface area contributed by atoms with E-state index in [2.05, 4.69) is 45.3 Å². The molecule has 7 rings (SSSR count). The average molecular weight is 639 g/mol. The molecule has 4 aromatic rings. The number of benzene rings is 2. The Morgan fingerprint density at radius 1 is 1.17 bits per heavy atom. The first-order chi connectivity index (χ1) is 20.1. The number of methoxy groups -OCH3 is 2. The Kier molecular flexibility index (Phi) is 7.80. The first kappa shape index (κ1) is 28.1. The number of aromatic nitrogens is 4. The van der Waals surface area contributed by atoms with Gasteiger partial charge in [-0.1, -0.05) is 5.21 Å². The number of pyridine rings is 1. The Balaban J connectivity index is 0.00000316. The number of hydrogen-bond donors (Lipinski definition) is 0. The smallest absolute Gasteiger partial charge is 0.328 e. The maximum Gasteiger partial charge on any atom is 0.328 e. The Morgan fingerprint density at radius 2 is 2.02 bits per heavy atom. The van der Waals surface area contributed by atoms with Crippen LogP contribution in [-0.4, -0.2) is 61.2 Å². The van der Waals surface area contributed by atoms with Gasteiger partial charge in [0.15, 0.2) is 41.6 Å². The summed E-state index contributed by atoms with van der Waals surface area (Å²) in [6, 6.07) is 10.1. The number of esters is 1. The number of ether oxygens (including phenoxy) is 5. The minimum Gasteiger partial charge on any atom is -1.00 e. The van der Waals surface area contributed by atoms with Gasteiger partial charge in [0.1, 0.15) is 6.04 Å². The molecule has 2 aromatic carbocycles. The number of halogens is 1. The van der Waals surface area contributed by atoms with E-state index in [1.165, 1.54) is 18.2 Å². The number of hydrogen-bond acceptors (Lipinski definition) is 9. The van der Waals surface area contributed by atoms with Gasteiger partial charge in [-0.25, -0.2) is 4.79 Å². The van der Waals surface area contributed by atoms with E-state index in [0.29, 0.717) is 24.7 Å². The van der Waals surface area contributed by atoms with E-state index in [-0.39, 0.29) is 35.8 Å². The molecule has 0 radical (unpaired) electrons. The predicted molar refractivity (Wildman–Crippen MR) is 148 cm³/mol. The molecular weight excluding hydrogens is 606 g/mol. The van der Waals surface area contributed by atoms with Gasteiger partial charge in [-0.05, 0) is 48.1 Å². The highest BCUT2D eigenvalue weighted by molar-refractivity contribution is 5.91. The van der Waals surface area contributed by atoms with E-state index in [1.54, 1.807) is 11.8 Å². The van der Waals surface area contributed by atoms with Gasteiger partial charge in [0, 0.05) is 32.0 Å². The van der Waals surface area contributed by atoms with Crippen molar-refractivity contribution in [3.8, 4) is 34.3 Å². The van der Waals surface area contributed by atoms with Gasteiger partial charge in [-0.3, -0.25) is 4.68 Å². The van der Waals surface area contributed by atoms with E-state index >= 15 is 0 Å². The van der Waals surface area contributed by atoms with Crippen LogP contribution < -0.4 is 45.4 Å². The monoisotopic (exact) mass is 637 g/mol. The van der Waals surface area contributed by atoms with Crippen molar-refractivity contribution in [2.45, 2.75) is 44.8 Å². The Hall–Kier alpha value is -4.06. The summed E-state index contributed by atoms with van der Waals surface area (Å²) in [5.74, 6) is 3.51. The third kappa shape index (κ3) is 4.97. The molecule has 3 aliphatic rings. The molecule has 1 saturated heterocycles. The molecule has 0 saturated carbocycles. The molecular formula is C30H32BrN5O6. The maximum atomic E-state index is 12.1. The fourth-order valence-corrected chi connectivity index (χ4v) is 6.06. The van der Waals surface area contributed by atoms with Crippen molar-refractivity contribution >= 4 is 22.6 Å². The molecule has 0 aliphatic carbocycles. The largest absolute Gasteiger partial charge is 1.00 e. The Bertz CT molecular complexity index is 1640. The molecule has 1 atom stereocenters. The highest BCUT2D eigenvalue weighted by Gasteiger charge is 2.33. The van der Waals surface area contributed by atoms with E-state index in [4.69, 9.17) is 23.7 Å². The van der Waals surface area contributed by atoms with Crippen LogP contribution in [-0.2, 0) is 29.0 Å². The number of anilines is 1. The lowest BCUT2D eigenvalue weighted by Gasteiger charge is -2.21. The quantitative estimate of drug-likeness (QED) is 0.153. The van der Waals surface area contributed by atoms with Crippen LogP contribution in [0, 0.1) is 0 Å². The van der Waals surface area contributed by atoms with Crippen molar-refractivity contribution in [3.05, 3.63) is 48.3 Å². The number of nitrogens with zero attached hydrogens (tertiary/aromatic N) is 5. The number of carbonyl (C=O) groups excluding carboxylic acids is 1. The lowest BCUT2D eigenvalue weighted by Crippen LogP contribution is -3.00. The SMILES string of the molecule is COC(=O)C1CCCN1c1cn(CCCOc2c(OC)ccc3cc4[n+](cc23)CCc2cc3c(cc2-4)OCO3)nn1.[Br-]. The van der Waals surface area contributed by atoms with Crippen LogP contribution in [0.25, 0.3) is 22.0 Å². The zero-order valence-electron chi connectivity index (χ0n) is 23.5. The van der Waals surface area contributed by atoms with E-state index in [1.807, 2.05) is 17.2 Å². The fourth-order valence-electron chi connectivity index (χ4n) is 6.06. The lowest BCUT2D eigenvalue weighted by atomic mass is 9.95. The molecule has 220 valence electrons. The molecule has 0 amide bonds. The second-order valence-corrected chi connectivity index (χ2v) is 10.5. The first-order valence-electron chi connectivity index (χ1n) is 14.0. The molecule has 12 heteroatoms. The molecule has 0 N–H and O–H groups in total. The van der Waals surface area contributed by atoms with Gasteiger partial charge in [-0.2, -0.15) is 4.57 Å². The maximum absolute atomic E-state index is 12.1. The summed E-state index contributed by atoms with van der Waals surface area (Å²) in [7, 11) is 3.08. The summed E-state index contributed by atoms with van der Waals surface area (Å²) in [5.41, 5.74) is 3.57. The van der Waals surface area contributed by atoms with Crippen LogP contribution >= 0.6 is 0 Å². The average Bonchev–Trinajstić information content (AvgIpc) is 3.77. The summed E-state index contributed by atoms with van der Waals surface area (Å²) >= 11 is 0. The molecule has 2 aromatic heterocycles. The van der Waals surface area contributed by atoms with Crippen LogP contribution in [0.3, 0.4) is 0 Å². The minimum atomic E-state index is -0.299. The highest BCUT2D eigenvalue weighted by Crippen LogP contribution is 2.41. The van der Waals surface area contributed by atoms with Gasteiger partial charge < -0.3 is 45.6 Å². The number of aryl methyl sites for hydroxylation is 3. The number of carbonyl (C=O) groups is 1. The Morgan fingerprint density at radius 3 is 2.86 bits per heavy atom. The zero-order chi connectivity index (χ0) is 27.9. The zero-order valence-corrected chi connectivity index (χ0v) is 25.1. The van der Waals surface area contributed by atoms with Crippen LogP contribution in [0.5, 0.6) is 23.0 Å². The fraction of sp³-hybridized carbons (Fsp3) is 0.400. The highest BCUT2D eigenvalue weighted by atomic mass is 79.9. The molecule has 1 unspecified atom stereocenters. The third-order valence-corrected chi connectivity index (χ3v) is 8.12. The molecule has 3 aliphatic heterocycles. The molecule has 0 spiro atoms. The molecule has 42 heavy (non-hydrogen) atoms. The molecule has 1 fully saturated rings. The standard InChI is InChI=1S/C30H32N5O6.BrH/c1-37-25-7-6-19-13-24-21-15-27-26(40-18-41-27)14-20(21)8-11-33(24)16-22(19)29(25)39-12-4-9-34-17-28(31-32-34)35-10-3-5-23(35)30(36)38-2;/h6-7,13-17,23H,3-5,8-12,18H2,1-2H3;1H/q+1;/p-1. The van der Waals surface area contributed by atoms with Crippen molar-refractivity contribution < 1.29 is 50.0 Å². The molecule has 11 nitrogen and oxygen atoms in total. The van der Waals surface area contributed by atoms with Crippen molar-refractivity contribution in [1.29, 1.82) is 0 Å². The van der Waals surface area contributed by atoms with Gasteiger partial charge in [0.25, 0.3) is 0 Å². The third-order valence-electron chi connectivity index (χ3n) is 8.12. The van der Waals surface area contributed by atoms with Crippen molar-refractivity contribution in [1.82, 2.24) is 15.0 Å². The van der Waals surface area contributed by atoms with Crippen LogP contribution in [0.2, 0.25) is 0 Å². The summed E-state index contributed by atoms with van der Waals surface area (Å²) in [4.78, 5) is 14.1. The molecule has 0 bridgehead atoms. The van der Waals surface area contributed by atoms with Crippen LogP contribution in [0.4, 0.5) is 5.82 Å². The second kappa shape index (κ2) is 11.7. The van der Waals surface area contributed by atoms with Crippen molar-refractivity contribution in [2.75, 3.05) is 39.1 Å². The first-order valence-corrected chi connectivity index (χ1v) is 14.0.